The highest BCUT2D eigenvalue weighted by Gasteiger charge is 2.61. The fourth-order valence-corrected chi connectivity index (χ4v) is 11.4. The summed E-state index contributed by atoms with van der Waals surface area (Å²) in [5, 5.41) is 27.6. The Bertz CT molecular complexity index is 2390. The molecule has 0 bridgehead atoms. The first kappa shape index (κ1) is 42.1. The maximum Gasteiger partial charge on any atom is 0.329 e. The van der Waals surface area contributed by atoms with Crippen molar-refractivity contribution in [2.24, 2.45) is 0 Å². The van der Waals surface area contributed by atoms with Crippen molar-refractivity contribution >= 4 is 56.8 Å². The third-order valence-corrected chi connectivity index (χ3v) is 15.6. The Hall–Kier alpha value is -5.24. The average molecular weight is 872 g/mol. The molecule has 62 heavy (non-hydrogen) atoms. The number of aromatic nitrogens is 2. The Morgan fingerprint density at radius 1 is 1.03 bits per heavy atom. The summed E-state index contributed by atoms with van der Waals surface area (Å²) in [7, 11) is -2.25. The molecule has 5 atom stereocenters. The van der Waals surface area contributed by atoms with Gasteiger partial charge in [0.15, 0.2) is 0 Å². The number of carbonyl (C=O) groups excluding carboxylic acids is 3. The molecule has 2 saturated carbocycles. The van der Waals surface area contributed by atoms with Gasteiger partial charge in [0.2, 0.25) is 27.8 Å². The number of nitrogens with zero attached hydrogens (tertiary/aromatic N) is 7. The number of piperidine rings is 1. The number of amides is 4. The normalized spacial score (nSPS) is 26.0. The minimum atomic E-state index is -4.01. The van der Waals surface area contributed by atoms with Gasteiger partial charge in [0, 0.05) is 100 Å². The molecule has 5 fully saturated rings. The van der Waals surface area contributed by atoms with Crippen LogP contribution in [0.15, 0.2) is 53.6 Å². The van der Waals surface area contributed by atoms with Crippen LogP contribution in [0, 0.1) is 5.41 Å². The highest BCUT2D eigenvalue weighted by molar-refractivity contribution is 7.89. The van der Waals surface area contributed by atoms with Gasteiger partial charge in [-0.3, -0.25) is 35.0 Å². The summed E-state index contributed by atoms with van der Waals surface area (Å²) in [5.74, 6) is 0.403. The molecule has 5 N–H and O–H groups in total. The van der Waals surface area contributed by atoms with Crippen molar-refractivity contribution in [3.05, 3.63) is 65.4 Å². The van der Waals surface area contributed by atoms with Gasteiger partial charge in [0.05, 0.1) is 22.5 Å². The van der Waals surface area contributed by atoms with Gasteiger partial charge in [0.25, 0.3) is 0 Å². The van der Waals surface area contributed by atoms with Gasteiger partial charge in [-0.1, -0.05) is 12.1 Å². The summed E-state index contributed by atoms with van der Waals surface area (Å²) in [4.78, 5) is 54.6. The largest absolute Gasteiger partial charge is 0.393 e. The molecule has 19 heteroatoms. The van der Waals surface area contributed by atoms with E-state index in [-0.39, 0.29) is 73.1 Å². The third kappa shape index (κ3) is 7.66. The second-order valence-corrected chi connectivity index (χ2v) is 19.4. The number of halogens is 1. The monoisotopic (exact) mass is 871 g/mol. The van der Waals surface area contributed by atoms with E-state index in [1.165, 1.54) is 9.21 Å². The standard InChI is InChI=1S/C43H54FN11O6S/c1-26(51-17-19-52(20-18-51)28-9-10-32(36(23-28)46-2)38(45)54-16-12-37(57)49-42(54)59)27-5-3-8-31(21-27)62(60,61)53-15-11-35(34(44)25-53)48-41-47-24-33-39(50-41)55(40(58)43(33)13-14-43)29-6-4-7-30(56)22-29/h3,5,8-10,21,23-24,26,29-30,34-35,45-46,56H,4,6-7,11-20,22,25H2,1-2H3,(H,47,48,50)(H,49,57,59)/t26?,29-,30-,34-,35+/m1/s1. The van der Waals surface area contributed by atoms with Gasteiger partial charge >= 0.3 is 6.03 Å². The molecule has 4 aliphatic heterocycles. The quantitative estimate of drug-likeness (QED) is 0.147. The third-order valence-electron chi connectivity index (χ3n) is 13.8. The number of aliphatic hydroxyl groups excluding tert-OH is 1. The van der Waals surface area contributed by atoms with E-state index < -0.39 is 39.8 Å². The van der Waals surface area contributed by atoms with Crippen molar-refractivity contribution in [1.29, 1.82) is 5.41 Å². The summed E-state index contributed by atoms with van der Waals surface area (Å²) in [6, 6.07) is 11.0. The number of fused-ring (bicyclic) bond motifs is 2. The molecule has 4 amide bonds. The number of nitrogens with one attached hydrogen (secondary N) is 4. The molecule has 3 aromatic rings. The number of sulfonamides is 1. The number of piperazine rings is 1. The van der Waals surface area contributed by atoms with Crippen LogP contribution in [0.1, 0.15) is 81.0 Å². The fraction of sp³-hybridized carbons (Fsp3) is 0.535. The van der Waals surface area contributed by atoms with Crippen LogP contribution in [0.3, 0.4) is 0 Å². The zero-order valence-electron chi connectivity index (χ0n) is 35.0. The van der Waals surface area contributed by atoms with E-state index >= 15 is 4.39 Å². The van der Waals surface area contributed by atoms with Crippen molar-refractivity contribution in [3.8, 4) is 0 Å². The average Bonchev–Trinajstić information content (AvgIpc) is 4.05. The maximum atomic E-state index is 15.9. The van der Waals surface area contributed by atoms with E-state index in [9.17, 15) is 27.9 Å². The number of carbonyl (C=O) groups is 3. The van der Waals surface area contributed by atoms with Crippen LogP contribution in [0.25, 0.3) is 0 Å². The number of anilines is 4. The lowest BCUT2D eigenvalue weighted by molar-refractivity contribution is -0.121. The molecule has 9 rings (SSSR count). The van der Waals surface area contributed by atoms with Crippen LogP contribution in [0.4, 0.5) is 32.3 Å². The predicted octanol–water partition coefficient (Wildman–Crippen LogP) is 3.56. The number of imide groups is 1. The highest BCUT2D eigenvalue weighted by Crippen LogP contribution is 2.57. The highest BCUT2D eigenvalue weighted by atomic mass is 32.2. The maximum absolute atomic E-state index is 15.9. The molecular formula is C43H54FN11O6S. The molecule has 1 spiro atoms. The molecule has 5 heterocycles. The number of alkyl halides is 1. The lowest BCUT2D eigenvalue weighted by Crippen LogP contribution is -2.52. The topological polar surface area (TPSA) is 208 Å². The smallest absolute Gasteiger partial charge is 0.329 e. The van der Waals surface area contributed by atoms with Gasteiger partial charge in [-0.05, 0) is 87.8 Å². The molecule has 17 nitrogen and oxygen atoms in total. The summed E-state index contributed by atoms with van der Waals surface area (Å²) in [6.07, 6.45) is 4.28. The molecule has 2 aromatic carbocycles. The van der Waals surface area contributed by atoms with Crippen LogP contribution in [-0.4, -0.2) is 138 Å². The molecule has 0 radical (unpaired) electrons. The van der Waals surface area contributed by atoms with Crippen molar-refractivity contribution in [2.75, 3.05) is 73.3 Å². The zero-order chi connectivity index (χ0) is 43.5. The van der Waals surface area contributed by atoms with Crippen LogP contribution in [0.2, 0.25) is 0 Å². The molecule has 1 aromatic heterocycles. The molecule has 330 valence electrons. The van der Waals surface area contributed by atoms with Crippen molar-refractivity contribution in [1.82, 2.24) is 29.4 Å². The Morgan fingerprint density at radius 2 is 1.82 bits per heavy atom. The van der Waals surface area contributed by atoms with Crippen LogP contribution in [0.5, 0.6) is 0 Å². The molecule has 6 aliphatic rings. The number of hydrogen-bond acceptors (Lipinski definition) is 13. The van der Waals surface area contributed by atoms with Crippen molar-refractivity contribution in [2.45, 2.75) is 99.0 Å². The number of aliphatic hydroxyl groups is 1. The van der Waals surface area contributed by atoms with Gasteiger partial charge < -0.3 is 20.6 Å². The van der Waals surface area contributed by atoms with E-state index in [0.717, 1.165) is 42.5 Å². The van der Waals surface area contributed by atoms with E-state index in [0.29, 0.717) is 56.1 Å². The first-order valence-electron chi connectivity index (χ1n) is 21.7. The predicted molar refractivity (Wildman–Crippen MR) is 231 cm³/mol. The Labute approximate surface area is 360 Å². The molecule has 3 saturated heterocycles. The minimum Gasteiger partial charge on any atom is -0.393 e. The molecular weight excluding hydrogens is 818 g/mol. The van der Waals surface area contributed by atoms with Crippen LogP contribution in [-0.2, 0) is 25.0 Å². The first-order chi connectivity index (χ1) is 29.8. The Balaban J connectivity index is 0.813. The van der Waals surface area contributed by atoms with Gasteiger partial charge in [0.1, 0.15) is 17.8 Å². The van der Waals surface area contributed by atoms with Crippen molar-refractivity contribution in [3.63, 3.8) is 0 Å². The van der Waals surface area contributed by atoms with E-state index in [1.807, 2.05) is 24.3 Å². The summed E-state index contributed by atoms with van der Waals surface area (Å²) in [5.41, 5.74) is 3.24. The number of amidine groups is 1. The first-order valence-corrected chi connectivity index (χ1v) is 23.1. The van der Waals surface area contributed by atoms with E-state index in [2.05, 4.69) is 37.7 Å². The second kappa shape index (κ2) is 16.5. The van der Waals surface area contributed by atoms with E-state index in [4.69, 9.17) is 10.4 Å². The molecule has 2 aliphatic carbocycles. The summed E-state index contributed by atoms with van der Waals surface area (Å²) < 4.78 is 45.2. The van der Waals surface area contributed by atoms with Gasteiger partial charge in [-0.25, -0.2) is 22.6 Å². The number of rotatable bonds is 10. The van der Waals surface area contributed by atoms with Crippen molar-refractivity contribution < 1.29 is 32.3 Å². The lowest BCUT2D eigenvalue weighted by Gasteiger charge is -2.39. The van der Waals surface area contributed by atoms with Crippen LogP contribution >= 0.6 is 0 Å². The van der Waals surface area contributed by atoms with E-state index in [1.54, 1.807) is 36.3 Å². The number of hydrogen-bond donors (Lipinski definition) is 5. The lowest BCUT2D eigenvalue weighted by atomic mass is 9.92. The fourth-order valence-electron chi connectivity index (χ4n) is 9.88. The van der Waals surface area contributed by atoms with Crippen LogP contribution < -0.4 is 25.8 Å². The minimum absolute atomic E-state index is 0.0105. The SMILES string of the molecule is CNc1cc(N2CCN(C(C)c3cccc(S(=O)(=O)N4CC[C@H](Nc5ncc6c(n5)N([C@@H]5CCC[C@@H](O)C5)C(=O)C65CC5)[C@H](F)C4)c3)CC2)ccc1C(=N)N1CCC(=O)NC1=O. The van der Waals surface area contributed by atoms with Gasteiger partial charge in [-0.15, -0.1) is 0 Å². The molecule has 1 unspecified atom stereocenters. The Kier molecular flexibility index (Phi) is 11.2. The Morgan fingerprint density at radius 3 is 2.53 bits per heavy atom. The number of urea groups is 1. The number of benzene rings is 2. The summed E-state index contributed by atoms with van der Waals surface area (Å²) >= 11 is 0. The van der Waals surface area contributed by atoms with Gasteiger partial charge in [-0.2, -0.15) is 9.29 Å². The second-order valence-electron chi connectivity index (χ2n) is 17.4. The zero-order valence-corrected chi connectivity index (χ0v) is 35.8. The summed E-state index contributed by atoms with van der Waals surface area (Å²) in [6.45, 7) is 4.81.